The van der Waals surface area contributed by atoms with Crippen LogP contribution >= 0.6 is 0 Å². The molecule has 0 saturated heterocycles. The van der Waals surface area contributed by atoms with Gasteiger partial charge in [-0.05, 0) is 41.5 Å². The number of phenolic OH excluding ortho intramolecular Hbond substituents is 1. The lowest BCUT2D eigenvalue weighted by Gasteiger charge is -2.23. The van der Waals surface area contributed by atoms with E-state index in [2.05, 4.69) is 0 Å². The van der Waals surface area contributed by atoms with E-state index in [1.54, 1.807) is 24.3 Å². The zero-order chi connectivity index (χ0) is 28.4. The fourth-order valence-electron chi connectivity index (χ4n) is 4.70. The molecule has 0 amide bonds. The summed E-state index contributed by atoms with van der Waals surface area (Å²) < 4.78 is 21.0. The molecule has 10 nitrogen and oxygen atoms in total. The maximum atomic E-state index is 13.9. The standard InChI is InChI=1S/C29H24O10/c1-14(30)36-21-7-5-18(6-8-21)26-27(19-9-22(37-15(2)31)13-23(10-19)38-16(3)32)29(35)24-11-20(34)12-25(28(24)26)39-17(4)33/h5-13,26-27,34H,1-4H3/t26-,27?/m1/s1. The lowest BCUT2D eigenvalue weighted by Crippen LogP contribution is -2.15. The third-order valence-corrected chi connectivity index (χ3v) is 5.86. The van der Waals surface area contributed by atoms with E-state index in [0.29, 0.717) is 16.7 Å². The molecule has 0 aliphatic heterocycles. The monoisotopic (exact) mass is 532 g/mol. The van der Waals surface area contributed by atoms with Gasteiger partial charge in [-0.25, -0.2) is 0 Å². The van der Waals surface area contributed by atoms with Gasteiger partial charge in [0, 0.05) is 56.9 Å². The maximum Gasteiger partial charge on any atom is 0.308 e. The van der Waals surface area contributed by atoms with Gasteiger partial charge in [0.2, 0.25) is 0 Å². The summed E-state index contributed by atoms with van der Waals surface area (Å²) in [7, 11) is 0. The summed E-state index contributed by atoms with van der Waals surface area (Å²) in [5.74, 6) is -4.46. The van der Waals surface area contributed by atoms with Crippen LogP contribution in [0.15, 0.2) is 54.6 Å². The molecule has 3 aromatic carbocycles. The van der Waals surface area contributed by atoms with Crippen molar-refractivity contribution < 1.29 is 48.0 Å². The average Bonchev–Trinajstić information content (AvgIpc) is 3.10. The van der Waals surface area contributed by atoms with Crippen molar-refractivity contribution in [3.05, 3.63) is 76.9 Å². The second-order valence-electron chi connectivity index (χ2n) is 8.91. The minimum Gasteiger partial charge on any atom is -0.508 e. The summed E-state index contributed by atoms with van der Waals surface area (Å²) in [6, 6.07) is 13.3. The molecule has 200 valence electrons. The molecule has 0 saturated carbocycles. The van der Waals surface area contributed by atoms with E-state index in [1.165, 1.54) is 58.0 Å². The van der Waals surface area contributed by atoms with Crippen LogP contribution in [0.2, 0.25) is 0 Å². The molecule has 4 rings (SSSR count). The van der Waals surface area contributed by atoms with Gasteiger partial charge < -0.3 is 24.1 Å². The smallest absolute Gasteiger partial charge is 0.308 e. The summed E-state index contributed by atoms with van der Waals surface area (Å²) in [6.45, 7) is 4.87. The Labute approximate surface area is 223 Å². The molecule has 10 heteroatoms. The lowest BCUT2D eigenvalue weighted by atomic mass is 9.81. The molecule has 1 aliphatic carbocycles. The van der Waals surface area contributed by atoms with Crippen LogP contribution in [0.3, 0.4) is 0 Å². The molecule has 0 spiro atoms. The lowest BCUT2D eigenvalue weighted by molar-refractivity contribution is -0.133. The molecule has 39 heavy (non-hydrogen) atoms. The molecule has 0 radical (unpaired) electrons. The first-order valence-corrected chi connectivity index (χ1v) is 11.8. The summed E-state index contributed by atoms with van der Waals surface area (Å²) in [6.07, 6.45) is 0. The minimum atomic E-state index is -0.972. The molecule has 0 heterocycles. The Hall–Kier alpha value is -4.99. The number of phenols is 1. The van der Waals surface area contributed by atoms with Crippen molar-refractivity contribution in [1.82, 2.24) is 0 Å². The molecular formula is C29H24O10. The van der Waals surface area contributed by atoms with E-state index in [-0.39, 0.29) is 34.3 Å². The Kier molecular flexibility index (Phi) is 7.48. The van der Waals surface area contributed by atoms with Crippen molar-refractivity contribution in [3.63, 3.8) is 0 Å². The first-order chi connectivity index (χ1) is 18.4. The Morgan fingerprint density at radius 2 is 1.13 bits per heavy atom. The zero-order valence-electron chi connectivity index (χ0n) is 21.5. The van der Waals surface area contributed by atoms with Gasteiger partial charge in [0.15, 0.2) is 5.78 Å². The van der Waals surface area contributed by atoms with E-state index in [9.17, 15) is 29.1 Å². The third kappa shape index (κ3) is 5.96. The summed E-state index contributed by atoms with van der Waals surface area (Å²) in [4.78, 5) is 60.6. The van der Waals surface area contributed by atoms with Crippen LogP contribution < -0.4 is 18.9 Å². The number of aromatic hydroxyl groups is 1. The van der Waals surface area contributed by atoms with Gasteiger partial charge in [-0.15, -0.1) is 0 Å². The average molecular weight is 533 g/mol. The van der Waals surface area contributed by atoms with Gasteiger partial charge in [-0.2, -0.15) is 0 Å². The highest BCUT2D eigenvalue weighted by atomic mass is 16.5. The van der Waals surface area contributed by atoms with Crippen molar-refractivity contribution in [2.24, 2.45) is 0 Å². The number of Topliss-reactive ketones (excluding diaryl/α,β-unsaturated/α-hetero) is 1. The van der Waals surface area contributed by atoms with Crippen LogP contribution in [-0.4, -0.2) is 34.8 Å². The SMILES string of the molecule is CC(=O)Oc1ccc([C@H]2c3c(OC(C)=O)cc(O)cc3C(=O)C2c2cc(OC(C)=O)cc(OC(C)=O)c2)cc1. The van der Waals surface area contributed by atoms with Crippen molar-refractivity contribution in [3.8, 4) is 28.7 Å². The first kappa shape index (κ1) is 27.1. The Morgan fingerprint density at radius 3 is 1.64 bits per heavy atom. The van der Waals surface area contributed by atoms with Crippen molar-refractivity contribution in [2.45, 2.75) is 39.5 Å². The largest absolute Gasteiger partial charge is 0.508 e. The van der Waals surface area contributed by atoms with Crippen LogP contribution in [-0.2, 0) is 19.2 Å². The van der Waals surface area contributed by atoms with E-state index < -0.39 is 41.5 Å². The molecule has 3 aromatic rings. The normalized spacial score (nSPS) is 15.7. The molecule has 0 aromatic heterocycles. The highest BCUT2D eigenvalue weighted by Crippen LogP contribution is 2.53. The Bertz CT molecular complexity index is 1470. The van der Waals surface area contributed by atoms with Gasteiger partial charge in [-0.3, -0.25) is 24.0 Å². The molecule has 1 N–H and O–H groups in total. The second kappa shape index (κ2) is 10.8. The number of carbonyl (C=O) groups excluding carboxylic acids is 5. The van der Waals surface area contributed by atoms with Crippen LogP contribution in [0, 0.1) is 0 Å². The predicted molar refractivity (Wildman–Crippen MR) is 135 cm³/mol. The quantitative estimate of drug-likeness (QED) is 0.362. The van der Waals surface area contributed by atoms with Gasteiger partial charge in [0.1, 0.15) is 28.7 Å². The van der Waals surface area contributed by atoms with Crippen LogP contribution in [0.4, 0.5) is 0 Å². The highest BCUT2D eigenvalue weighted by molar-refractivity contribution is 6.08. The molecule has 0 fully saturated rings. The van der Waals surface area contributed by atoms with E-state index in [1.807, 2.05) is 0 Å². The first-order valence-electron chi connectivity index (χ1n) is 11.8. The van der Waals surface area contributed by atoms with Gasteiger partial charge >= 0.3 is 23.9 Å². The minimum absolute atomic E-state index is 0.00115. The third-order valence-electron chi connectivity index (χ3n) is 5.86. The summed E-state index contributed by atoms with van der Waals surface area (Å²) >= 11 is 0. The van der Waals surface area contributed by atoms with Crippen LogP contribution in [0.5, 0.6) is 28.7 Å². The Morgan fingerprint density at radius 1 is 0.615 bits per heavy atom. The van der Waals surface area contributed by atoms with Crippen LogP contribution in [0.25, 0.3) is 0 Å². The van der Waals surface area contributed by atoms with Gasteiger partial charge in [0.25, 0.3) is 0 Å². The number of rotatable bonds is 6. The predicted octanol–water partition coefficient (Wildman–Crippen LogP) is 4.21. The topological polar surface area (TPSA) is 143 Å². The fraction of sp³-hybridized carbons (Fsp3) is 0.207. The number of benzene rings is 3. The number of ether oxygens (including phenoxy) is 4. The van der Waals surface area contributed by atoms with E-state index >= 15 is 0 Å². The fourth-order valence-corrected chi connectivity index (χ4v) is 4.70. The van der Waals surface area contributed by atoms with E-state index in [0.717, 1.165) is 0 Å². The number of carbonyl (C=O) groups is 5. The van der Waals surface area contributed by atoms with Crippen molar-refractivity contribution in [1.29, 1.82) is 0 Å². The number of hydrogen-bond donors (Lipinski definition) is 1. The van der Waals surface area contributed by atoms with Gasteiger partial charge in [0.05, 0.1) is 5.92 Å². The number of ketones is 1. The molecule has 2 atom stereocenters. The van der Waals surface area contributed by atoms with Crippen LogP contribution in [0.1, 0.15) is 66.6 Å². The zero-order valence-corrected chi connectivity index (χ0v) is 21.5. The maximum absolute atomic E-state index is 13.9. The Balaban J connectivity index is 1.95. The summed E-state index contributed by atoms with van der Waals surface area (Å²) in [5, 5.41) is 10.3. The van der Waals surface area contributed by atoms with E-state index in [4.69, 9.17) is 18.9 Å². The highest BCUT2D eigenvalue weighted by Gasteiger charge is 2.44. The van der Waals surface area contributed by atoms with Crippen molar-refractivity contribution >= 4 is 29.7 Å². The molecular weight excluding hydrogens is 508 g/mol. The second-order valence-corrected chi connectivity index (χ2v) is 8.91. The number of hydrogen-bond acceptors (Lipinski definition) is 10. The summed E-state index contributed by atoms with van der Waals surface area (Å²) in [5.41, 5.74) is 1.41. The molecule has 1 aliphatic rings. The number of fused-ring (bicyclic) bond motifs is 1. The van der Waals surface area contributed by atoms with Crippen molar-refractivity contribution in [2.75, 3.05) is 0 Å². The number of esters is 4. The van der Waals surface area contributed by atoms with Gasteiger partial charge in [-0.1, -0.05) is 12.1 Å². The molecule has 0 bridgehead atoms. The molecule has 1 unspecified atom stereocenters.